The van der Waals surface area contributed by atoms with Crippen molar-refractivity contribution in [1.82, 2.24) is 0 Å². The van der Waals surface area contributed by atoms with Gasteiger partial charge < -0.3 is 9.84 Å². The number of aryl methyl sites for hydroxylation is 2. The Kier molecular flexibility index (Phi) is 7.43. The Bertz CT molecular complexity index is 1080. The average Bonchev–Trinajstić information content (AvgIpc) is 2.78. The fourth-order valence-electron chi connectivity index (χ4n) is 3.71. The average molecular weight is 415 g/mol. The predicted octanol–water partition coefficient (Wildman–Crippen LogP) is 6.05. The van der Waals surface area contributed by atoms with Crippen LogP contribution in [0.2, 0.25) is 0 Å². The molecule has 0 unspecified atom stereocenters. The highest BCUT2D eigenvalue weighted by molar-refractivity contribution is 5.86. The van der Waals surface area contributed by atoms with Gasteiger partial charge in [-0.05, 0) is 59.2 Å². The zero-order valence-electron chi connectivity index (χ0n) is 18.6. The van der Waals surface area contributed by atoms with Gasteiger partial charge in [0.15, 0.2) is 0 Å². The molecule has 0 spiro atoms. The first-order valence-corrected chi connectivity index (χ1v) is 10.7. The summed E-state index contributed by atoms with van der Waals surface area (Å²) < 4.78 is 5.23. The minimum absolute atomic E-state index is 0.0454. The lowest BCUT2D eigenvalue weighted by atomic mass is 9.93. The second kappa shape index (κ2) is 10.2. The van der Waals surface area contributed by atoms with E-state index in [4.69, 9.17) is 4.74 Å². The summed E-state index contributed by atoms with van der Waals surface area (Å²) in [6.07, 6.45) is 1.55. The van der Waals surface area contributed by atoms with Crippen LogP contribution in [0, 0.1) is 6.92 Å². The summed E-state index contributed by atoms with van der Waals surface area (Å²) in [6, 6.07) is 21.2. The highest BCUT2D eigenvalue weighted by Crippen LogP contribution is 2.29. The van der Waals surface area contributed by atoms with Crippen molar-refractivity contribution in [3.05, 3.63) is 95.1 Å². The van der Waals surface area contributed by atoms with Crippen LogP contribution < -0.4 is 0 Å². The van der Waals surface area contributed by atoms with Crippen molar-refractivity contribution in [3.63, 3.8) is 0 Å². The molecule has 0 saturated heterocycles. The second-order valence-electron chi connectivity index (χ2n) is 7.90. The van der Waals surface area contributed by atoms with Crippen molar-refractivity contribution in [1.29, 1.82) is 0 Å². The van der Waals surface area contributed by atoms with Crippen LogP contribution in [-0.2, 0) is 29.0 Å². The van der Waals surface area contributed by atoms with E-state index in [0.717, 1.165) is 28.7 Å². The number of hydrogen-bond donors (Lipinski definition) is 1. The third-order valence-corrected chi connectivity index (χ3v) is 5.50. The summed E-state index contributed by atoms with van der Waals surface area (Å²) in [5.41, 5.74) is 9.51. The molecule has 0 bridgehead atoms. The van der Waals surface area contributed by atoms with E-state index in [0.29, 0.717) is 12.0 Å². The van der Waals surface area contributed by atoms with Crippen LogP contribution in [0.15, 0.2) is 72.8 Å². The molecule has 0 radical (unpaired) electrons. The smallest absolute Gasteiger partial charge is 0.333 e. The minimum Gasteiger partial charge on any atom is -0.462 e. The number of esters is 1. The summed E-state index contributed by atoms with van der Waals surface area (Å²) in [6.45, 7) is 9.75. The number of ether oxygens (including phenoxy) is 1. The van der Waals surface area contributed by atoms with Gasteiger partial charge >= 0.3 is 5.97 Å². The highest BCUT2D eigenvalue weighted by atomic mass is 16.5. The third-order valence-electron chi connectivity index (χ3n) is 5.50. The van der Waals surface area contributed by atoms with E-state index in [2.05, 4.69) is 69.0 Å². The van der Waals surface area contributed by atoms with Gasteiger partial charge in [-0.15, -0.1) is 0 Å². The van der Waals surface area contributed by atoms with Gasteiger partial charge in [-0.25, -0.2) is 4.79 Å². The molecule has 0 amide bonds. The van der Waals surface area contributed by atoms with Crippen LogP contribution in [0.25, 0.3) is 22.3 Å². The molecule has 31 heavy (non-hydrogen) atoms. The second-order valence-corrected chi connectivity index (χ2v) is 7.90. The van der Waals surface area contributed by atoms with Gasteiger partial charge in [0, 0.05) is 12.0 Å². The zero-order chi connectivity index (χ0) is 22.4. The van der Waals surface area contributed by atoms with Crippen LogP contribution in [0.3, 0.4) is 0 Å². The minimum atomic E-state index is -0.389. The molecular weight excluding hydrogens is 384 g/mol. The maximum Gasteiger partial charge on any atom is 0.333 e. The Balaban J connectivity index is 1.82. The highest BCUT2D eigenvalue weighted by Gasteiger charge is 2.09. The molecule has 1 N–H and O–H groups in total. The Morgan fingerprint density at radius 1 is 0.903 bits per heavy atom. The zero-order valence-corrected chi connectivity index (χ0v) is 18.6. The molecule has 0 aliphatic rings. The lowest BCUT2D eigenvalue weighted by Crippen LogP contribution is -2.09. The molecule has 3 aromatic carbocycles. The van der Waals surface area contributed by atoms with Gasteiger partial charge in [0.1, 0.15) is 0 Å². The van der Waals surface area contributed by atoms with E-state index >= 15 is 0 Å². The molecule has 0 atom stereocenters. The fraction of sp³-hybridized carbons (Fsp3) is 0.250. The largest absolute Gasteiger partial charge is 0.462 e. The van der Waals surface area contributed by atoms with Crippen molar-refractivity contribution in [2.75, 3.05) is 6.61 Å². The van der Waals surface area contributed by atoms with Crippen molar-refractivity contribution < 1.29 is 14.6 Å². The molecule has 0 aliphatic heterocycles. The molecule has 0 aromatic heterocycles. The van der Waals surface area contributed by atoms with Gasteiger partial charge in [-0.1, -0.05) is 79.7 Å². The van der Waals surface area contributed by atoms with Crippen molar-refractivity contribution in [2.45, 2.75) is 40.2 Å². The molecule has 3 rings (SSSR count). The van der Waals surface area contributed by atoms with Crippen molar-refractivity contribution in [3.8, 4) is 22.3 Å². The molecule has 0 fully saturated rings. The van der Waals surface area contributed by atoms with E-state index in [1.54, 1.807) is 6.92 Å². The van der Waals surface area contributed by atoms with Gasteiger partial charge in [0.2, 0.25) is 0 Å². The molecule has 3 nitrogen and oxygen atoms in total. The van der Waals surface area contributed by atoms with Crippen LogP contribution in [0.5, 0.6) is 0 Å². The molecule has 0 heterocycles. The van der Waals surface area contributed by atoms with Crippen molar-refractivity contribution in [2.24, 2.45) is 0 Å². The number of aliphatic hydroxyl groups excluding tert-OH is 1. The first kappa shape index (κ1) is 22.5. The number of aliphatic hydroxyl groups is 1. The SMILES string of the molecule is C=C(C)C(=O)OCCc1cc(-c2ccc(-c3ccc(C)cc3CC)cc2)ccc1CO. The van der Waals surface area contributed by atoms with E-state index in [1.807, 2.05) is 12.1 Å². The quantitative estimate of drug-likeness (QED) is 0.361. The van der Waals surface area contributed by atoms with Gasteiger partial charge in [-0.3, -0.25) is 0 Å². The van der Waals surface area contributed by atoms with Crippen LogP contribution in [0.1, 0.15) is 36.1 Å². The Morgan fingerprint density at radius 2 is 1.58 bits per heavy atom. The number of hydrogen-bond acceptors (Lipinski definition) is 3. The topological polar surface area (TPSA) is 46.5 Å². The van der Waals surface area contributed by atoms with Crippen LogP contribution >= 0.6 is 0 Å². The lowest BCUT2D eigenvalue weighted by Gasteiger charge is -2.13. The van der Waals surface area contributed by atoms with Gasteiger partial charge in [-0.2, -0.15) is 0 Å². The van der Waals surface area contributed by atoms with E-state index in [1.165, 1.54) is 22.3 Å². The van der Waals surface area contributed by atoms with Crippen LogP contribution in [-0.4, -0.2) is 17.7 Å². The Labute approximate surface area is 185 Å². The molecule has 3 aromatic rings. The first-order valence-electron chi connectivity index (χ1n) is 10.7. The van der Waals surface area contributed by atoms with Gasteiger partial charge in [0.25, 0.3) is 0 Å². The summed E-state index contributed by atoms with van der Waals surface area (Å²) in [5.74, 6) is -0.389. The van der Waals surface area contributed by atoms with E-state index in [-0.39, 0.29) is 19.2 Å². The maximum atomic E-state index is 11.6. The standard InChI is InChI=1S/C28H30O3/c1-5-21-16-20(4)6-13-27(21)23-9-7-22(8-10-23)24-11-12-26(18-29)25(17-24)14-15-31-28(30)19(2)3/h6-13,16-17,29H,2,5,14-15,18H2,1,3-4H3. The lowest BCUT2D eigenvalue weighted by molar-refractivity contribution is -0.138. The number of benzene rings is 3. The normalized spacial score (nSPS) is 10.7. The van der Waals surface area contributed by atoms with E-state index < -0.39 is 0 Å². The summed E-state index contributed by atoms with van der Waals surface area (Å²) in [4.78, 5) is 11.6. The fourth-order valence-corrected chi connectivity index (χ4v) is 3.71. The van der Waals surface area contributed by atoms with Gasteiger partial charge in [0.05, 0.1) is 13.2 Å². The molecule has 0 saturated carbocycles. The summed E-state index contributed by atoms with van der Waals surface area (Å²) in [5, 5.41) is 9.69. The number of carbonyl (C=O) groups excluding carboxylic acids is 1. The Hall–Kier alpha value is -3.17. The monoisotopic (exact) mass is 414 g/mol. The maximum absolute atomic E-state index is 11.6. The van der Waals surface area contributed by atoms with Crippen molar-refractivity contribution >= 4 is 5.97 Å². The third kappa shape index (κ3) is 5.50. The van der Waals surface area contributed by atoms with Crippen LogP contribution in [0.4, 0.5) is 0 Å². The first-order chi connectivity index (χ1) is 14.9. The molecular formula is C28H30O3. The number of rotatable bonds is 8. The number of carbonyl (C=O) groups is 1. The summed E-state index contributed by atoms with van der Waals surface area (Å²) >= 11 is 0. The predicted molar refractivity (Wildman–Crippen MR) is 127 cm³/mol. The molecule has 0 aliphatic carbocycles. The Morgan fingerprint density at radius 3 is 2.23 bits per heavy atom. The van der Waals surface area contributed by atoms with E-state index in [9.17, 15) is 9.90 Å². The molecule has 3 heteroatoms. The summed E-state index contributed by atoms with van der Waals surface area (Å²) in [7, 11) is 0. The molecule has 160 valence electrons.